The first-order valence-electron chi connectivity index (χ1n) is 17.7. The maximum atomic E-state index is 9.58. The Morgan fingerprint density at radius 2 is 0.852 bits per heavy atom. The fourth-order valence-corrected chi connectivity index (χ4v) is 7.71. The van der Waals surface area contributed by atoms with Gasteiger partial charge in [0.2, 0.25) is 0 Å². The van der Waals surface area contributed by atoms with Crippen LogP contribution in [-0.4, -0.2) is 19.1 Å². The van der Waals surface area contributed by atoms with Gasteiger partial charge in [-0.3, -0.25) is 0 Å². The minimum atomic E-state index is 0.507. The molecular weight excluding hydrogens is 661 g/mol. The van der Waals surface area contributed by atoms with Gasteiger partial charge in [0.25, 0.3) is 0 Å². The summed E-state index contributed by atoms with van der Waals surface area (Å²) >= 11 is 0. The van der Waals surface area contributed by atoms with Crippen molar-refractivity contribution in [2.75, 3.05) is 0 Å². The molecule has 0 radical (unpaired) electrons. The molecule has 0 saturated carbocycles. The molecule has 0 saturated heterocycles. The van der Waals surface area contributed by atoms with Gasteiger partial charge in [-0.15, -0.1) is 0 Å². The number of hydrogen-bond donors (Lipinski definition) is 0. The van der Waals surface area contributed by atoms with Crippen LogP contribution in [0.3, 0.4) is 0 Å². The fourth-order valence-electron chi connectivity index (χ4n) is 7.71. The minimum Gasteiger partial charge on any atom is -0.309 e. The molecule has 3 heterocycles. The van der Waals surface area contributed by atoms with E-state index in [4.69, 9.17) is 9.97 Å². The number of nitriles is 2. The van der Waals surface area contributed by atoms with Crippen LogP contribution in [0.1, 0.15) is 11.1 Å². The number of nitrogens with zero attached hydrogens (tertiary/aromatic N) is 6. The van der Waals surface area contributed by atoms with Crippen molar-refractivity contribution in [3.63, 3.8) is 0 Å². The summed E-state index contributed by atoms with van der Waals surface area (Å²) in [7, 11) is 0. The normalized spacial score (nSPS) is 11.3. The van der Waals surface area contributed by atoms with Crippen molar-refractivity contribution in [1.82, 2.24) is 19.1 Å². The minimum absolute atomic E-state index is 0.507. The van der Waals surface area contributed by atoms with Gasteiger partial charge in [0.1, 0.15) is 0 Å². The molecule has 0 amide bonds. The molecular formula is C48H28N6. The zero-order valence-electron chi connectivity index (χ0n) is 28.8. The molecule has 7 aromatic carbocycles. The van der Waals surface area contributed by atoms with Gasteiger partial charge in [0, 0.05) is 49.6 Å². The highest BCUT2D eigenvalue weighted by Gasteiger charge is 2.17. The monoisotopic (exact) mass is 688 g/mol. The van der Waals surface area contributed by atoms with E-state index in [1.165, 1.54) is 32.6 Å². The van der Waals surface area contributed by atoms with Gasteiger partial charge in [-0.25, -0.2) is 9.97 Å². The Morgan fingerprint density at radius 1 is 0.370 bits per heavy atom. The molecule has 0 aliphatic carbocycles. The third-order valence-electron chi connectivity index (χ3n) is 10.2. The highest BCUT2D eigenvalue weighted by atomic mass is 15.0. The van der Waals surface area contributed by atoms with Crippen molar-refractivity contribution in [1.29, 1.82) is 10.5 Å². The van der Waals surface area contributed by atoms with Crippen LogP contribution in [0.25, 0.3) is 88.9 Å². The lowest BCUT2D eigenvalue weighted by Gasteiger charge is -2.12. The Kier molecular flexibility index (Phi) is 7.15. The molecule has 0 aliphatic rings. The molecule has 0 unspecified atom stereocenters. The predicted octanol–water partition coefficient (Wildman–Crippen LogP) is 11.4. The van der Waals surface area contributed by atoms with Gasteiger partial charge in [-0.1, -0.05) is 91.0 Å². The summed E-state index contributed by atoms with van der Waals surface area (Å²) in [5, 5.41) is 24.0. The topological polar surface area (TPSA) is 83.2 Å². The molecule has 54 heavy (non-hydrogen) atoms. The molecule has 0 atom stereocenters. The van der Waals surface area contributed by atoms with Crippen LogP contribution in [0.5, 0.6) is 0 Å². The average molecular weight is 689 g/mol. The van der Waals surface area contributed by atoms with E-state index in [0.29, 0.717) is 22.6 Å². The van der Waals surface area contributed by atoms with Crippen LogP contribution in [0.4, 0.5) is 0 Å². The quantitative estimate of drug-likeness (QED) is 0.180. The molecule has 0 bridgehead atoms. The molecule has 0 aliphatic heterocycles. The number of para-hydroxylation sites is 3. The zero-order valence-corrected chi connectivity index (χ0v) is 28.8. The van der Waals surface area contributed by atoms with E-state index in [1.54, 1.807) is 18.2 Å². The van der Waals surface area contributed by atoms with Gasteiger partial charge in [0.15, 0.2) is 5.82 Å². The van der Waals surface area contributed by atoms with Crippen molar-refractivity contribution in [2.45, 2.75) is 0 Å². The summed E-state index contributed by atoms with van der Waals surface area (Å²) in [5.74, 6) is 0.507. The van der Waals surface area contributed by atoms with E-state index in [2.05, 4.69) is 137 Å². The third-order valence-corrected chi connectivity index (χ3v) is 10.2. The van der Waals surface area contributed by atoms with Crippen molar-refractivity contribution in [3.8, 4) is 57.4 Å². The summed E-state index contributed by atoms with van der Waals surface area (Å²) in [6, 6.07) is 62.1. The number of hydrogen-bond acceptors (Lipinski definition) is 4. The standard InChI is InChI=1S/C48H28N6/c49-29-31-9-7-11-34(25-31)43-28-42(51-48(52-43)35-12-8-10-32(26-35)30-50)33-19-21-36(22-20-33)53-46-18-6-3-15-40(46)41-27-37(23-24-47(41)53)54-44-16-4-1-13-38(44)39-14-2-5-17-45(39)54/h1-28H. The SMILES string of the molecule is N#Cc1cccc(-c2cc(-c3ccc(-n4c5ccccc5c5cc(-n6c7ccccc7c7ccccc76)ccc54)cc3)nc(-c3cccc(C#N)c3)n2)c1. The largest absolute Gasteiger partial charge is 0.309 e. The fraction of sp³-hybridized carbons (Fsp3) is 0. The molecule has 6 nitrogen and oxygen atoms in total. The van der Waals surface area contributed by atoms with Gasteiger partial charge < -0.3 is 9.13 Å². The molecule has 250 valence electrons. The van der Waals surface area contributed by atoms with E-state index in [-0.39, 0.29) is 0 Å². The molecule has 0 N–H and O–H groups in total. The van der Waals surface area contributed by atoms with Crippen LogP contribution in [0, 0.1) is 22.7 Å². The van der Waals surface area contributed by atoms with Crippen LogP contribution in [-0.2, 0) is 0 Å². The Balaban J connectivity index is 1.10. The summed E-state index contributed by atoms with van der Waals surface area (Å²) in [6.45, 7) is 0. The molecule has 3 aromatic heterocycles. The maximum Gasteiger partial charge on any atom is 0.160 e. The number of benzene rings is 7. The predicted molar refractivity (Wildman–Crippen MR) is 216 cm³/mol. The van der Waals surface area contributed by atoms with Crippen molar-refractivity contribution in [3.05, 3.63) is 181 Å². The Morgan fingerprint density at radius 3 is 1.46 bits per heavy atom. The lowest BCUT2D eigenvalue weighted by molar-refractivity contribution is 1.16. The Labute approximate surface area is 310 Å². The van der Waals surface area contributed by atoms with Crippen LogP contribution >= 0.6 is 0 Å². The maximum absolute atomic E-state index is 9.58. The van der Waals surface area contributed by atoms with Crippen LogP contribution < -0.4 is 0 Å². The first-order chi connectivity index (χ1) is 26.7. The Bertz CT molecular complexity index is 3060. The molecule has 10 rings (SSSR count). The highest BCUT2D eigenvalue weighted by Crippen LogP contribution is 2.37. The summed E-state index contributed by atoms with van der Waals surface area (Å²) in [6.07, 6.45) is 0. The van der Waals surface area contributed by atoms with E-state index < -0.39 is 0 Å². The second kappa shape index (κ2) is 12.5. The van der Waals surface area contributed by atoms with E-state index in [9.17, 15) is 10.5 Å². The molecule has 0 fully saturated rings. The van der Waals surface area contributed by atoms with Gasteiger partial charge in [0.05, 0.1) is 56.7 Å². The van der Waals surface area contributed by atoms with Crippen LogP contribution in [0.15, 0.2) is 170 Å². The third kappa shape index (κ3) is 5.02. The van der Waals surface area contributed by atoms with E-state index in [1.807, 2.05) is 36.4 Å². The molecule has 0 spiro atoms. The second-order valence-corrected chi connectivity index (χ2v) is 13.3. The van der Waals surface area contributed by atoms with E-state index in [0.717, 1.165) is 44.8 Å². The first kappa shape index (κ1) is 31.0. The summed E-state index contributed by atoms with van der Waals surface area (Å²) in [4.78, 5) is 9.89. The van der Waals surface area contributed by atoms with Crippen molar-refractivity contribution < 1.29 is 0 Å². The Hall–Kier alpha value is -7.80. The van der Waals surface area contributed by atoms with Crippen molar-refractivity contribution >= 4 is 43.6 Å². The van der Waals surface area contributed by atoms with E-state index >= 15 is 0 Å². The lowest BCUT2D eigenvalue weighted by Crippen LogP contribution is -1.98. The summed E-state index contributed by atoms with van der Waals surface area (Å²) in [5.41, 5.74) is 11.8. The second-order valence-electron chi connectivity index (χ2n) is 13.3. The number of fused-ring (bicyclic) bond motifs is 6. The summed E-state index contributed by atoms with van der Waals surface area (Å²) < 4.78 is 4.68. The average Bonchev–Trinajstić information content (AvgIpc) is 3.76. The lowest BCUT2D eigenvalue weighted by atomic mass is 10.0. The first-order valence-corrected chi connectivity index (χ1v) is 17.7. The van der Waals surface area contributed by atoms with Gasteiger partial charge in [-0.05, 0) is 78.9 Å². The highest BCUT2D eigenvalue weighted by molar-refractivity contribution is 6.12. The molecule has 10 aromatic rings. The van der Waals surface area contributed by atoms with Crippen LogP contribution in [0.2, 0.25) is 0 Å². The smallest absolute Gasteiger partial charge is 0.160 e. The zero-order chi connectivity index (χ0) is 36.2. The van der Waals surface area contributed by atoms with Gasteiger partial charge >= 0.3 is 0 Å². The van der Waals surface area contributed by atoms with Gasteiger partial charge in [-0.2, -0.15) is 10.5 Å². The van der Waals surface area contributed by atoms with Crippen molar-refractivity contribution in [2.24, 2.45) is 0 Å². The number of rotatable bonds is 5. The number of aromatic nitrogens is 4. The molecule has 6 heteroatoms.